The molecule has 0 saturated carbocycles. The first-order valence-electron chi connectivity index (χ1n) is 5.35. The molecule has 0 aromatic heterocycles. The molecule has 5 nitrogen and oxygen atoms in total. The molecular weight excluding hydrogens is 210 g/mol. The molecule has 0 spiro atoms. The summed E-state index contributed by atoms with van der Waals surface area (Å²) in [6, 6.07) is 0.0640. The molecule has 2 rings (SSSR count). The fourth-order valence-corrected chi connectivity index (χ4v) is 1.60. The van der Waals surface area contributed by atoms with Gasteiger partial charge in [0.1, 0.15) is 12.2 Å². The fourth-order valence-electron chi connectivity index (χ4n) is 1.60. The van der Waals surface area contributed by atoms with Gasteiger partial charge in [0, 0.05) is 6.54 Å². The van der Waals surface area contributed by atoms with Crippen LogP contribution in [0.2, 0.25) is 0 Å². The molecule has 16 heavy (non-hydrogen) atoms. The summed E-state index contributed by atoms with van der Waals surface area (Å²) in [6.45, 7) is 10.2. The molecule has 0 aromatic carbocycles. The Morgan fingerprint density at radius 1 is 1.56 bits per heavy atom. The average molecular weight is 227 g/mol. The number of rotatable bonds is 1. The molecule has 0 radical (unpaired) electrons. The molecular formula is C11H17NO4. The minimum absolute atomic E-state index is 0.0640. The molecule has 5 heteroatoms. The molecule has 0 unspecified atom stereocenters. The first-order chi connectivity index (χ1) is 7.37. The Bertz CT molecular complexity index is 320. The summed E-state index contributed by atoms with van der Waals surface area (Å²) < 4.78 is 15.7. The van der Waals surface area contributed by atoms with E-state index in [1.165, 1.54) is 0 Å². The summed E-state index contributed by atoms with van der Waals surface area (Å²) >= 11 is 0. The third-order valence-corrected chi connectivity index (χ3v) is 2.40. The summed E-state index contributed by atoms with van der Waals surface area (Å²) in [6.07, 6.45) is -0.390. The van der Waals surface area contributed by atoms with E-state index in [0.29, 0.717) is 19.1 Å². The van der Waals surface area contributed by atoms with Crippen LogP contribution in [0.4, 0.5) is 4.79 Å². The van der Waals surface area contributed by atoms with Crippen molar-refractivity contribution >= 4 is 6.09 Å². The number of carbonyl (C=O) groups excluding carboxylic acids is 1. The standard InChI is InChI=1S/C11H17NO4/c1-7-14-6-9(15-7)8-5-12(8)10(13)16-11(2,3)4/h8-9H,1,5-6H2,2-4H3/t8-,9+,12?/m0/s1. The minimum atomic E-state index is -0.457. The van der Waals surface area contributed by atoms with E-state index in [-0.39, 0.29) is 18.2 Å². The van der Waals surface area contributed by atoms with E-state index in [0.717, 1.165) is 0 Å². The van der Waals surface area contributed by atoms with Crippen LogP contribution in [0.15, 0.2) is 12.5 Å². The van der Waals surface area contributed by atoms with E-state index in [9.17, 15) is 4.79 Å². The van der Waals surface area contributed by atoms with E-state index in [1.54, 1.807) is 4.90 Å². The number of carbonyl (C=O) groups is 1. The summed E-state index contributed by atoms with van der Waals surface area (Å²) in [5, 5.41) is 0. The number of hydrogen-bond donors (Lipinski definition) is 0. The number of nitrogens with zero attached hydrogens (tertiary/aromatic N) is 1. The first kappa shape index (κ1) is 11.1. The van der Waals surface area contributed by atoms with Crippen LogP contribution in [0.3, 0.4) is 0 Å². The lowest BCUT2D eigenvalue weighted by molar-refractivity contribution is 0.0370. The maximum atomic E-state index is 11.7. The lowest BCUT2D eigenvalue weighted by atomic mass is 10.2. The van der Waals surface area contributed by atoms with Crippen molar-refractivity contribution in [2.24, 2.45) is 0 Å². The van der Waals surface area contributed by atoms with Crippen LogP contribution in [0, 0.1) is 0 Å². The lowest BCUT2D eigenvalue weighted by Crippen LogP contribution is -2.30. The molecule has 90 valence electrons. The van der Waals surface area contributed by atoms with Crippen molar-refractivity contribution in [3.05, 3.63) is 12.5 Å². The lowest BCUT2D eigenvalue weighted by Gasteiger charge is -2.20. The van der Waals surface area contributed by atoms with Gasteiger partial charge in [-0.15, -0.1) is 0 Å². The van der Waals surface area contributed by atoms with Gasteiger partial charge in [-0.3, -0.25) is 4.90 Å². The van der Waals surface area contributed by atoms with Crippen molar-refractivity contribution in [1.82, 2.24) is 4.90 Å². The Morgan fingerprint density at radius 3 is 2.75 bits per heavy atom. The molecule has 2 aliphatic heterocycles. The number of hydrogen-bond acceptors (Lipinski definition) is 4. The van der Waals surface area contributed by atoms with Crippen molar-refractivity contribution in [3.8, 4) is 0 Å². The highest BCUT2D eigenvalue weighted by atomic mass is 16.7. The van der Waals surface area contributed by atoms with E-state index < -0.39 is 5.60 Å². The predicted molar refractivity (Wildman–Crippen MR) is 56.7 cm³/mol. The smallest absolute Gasteiger partial charge is 0.410 e. The van der Waals surface area contributed by atoms with E-state index in [1.807, 2.05) is 20.8 Å². The SMILES string of the molecule is C=C1OC[C@H]([C@@H]2CN2C(=O)OC(C)(C)C)O1. The fraction of sp³-hybridized carbons (Fsp3) is 0.727. The molecule has 0 bridgehead atoms. The van der Waals surface area contributed by atoms with Crippen LogP contribution in [-0.4, -0.2) is 41.9 Å². The van der Waals surface area contributed by atoms with Gasteiger partial charge in [0.2, 0.25) is 0 Å². The molecule has 2 aliphatic rings. The summed E-state index contributed by atoms with van der Waals surface area (Å²) in [7, 11) is 0. The number of amides is 1. The van der Waals surface area contributed by atoms with Gasteiger partial charge < -0.3 is 14.2 Å². The molecule has 2 atom stereocenters. The topological polar surface area (TPSA) is 47.8 Å². The van der Waals surface area contributed by atoms with E-state index >= 15 is 0 Å². The third-order valence-electron chi connectivity index (χ3n) is 2.40. The second-order valence-corrected chi connectivity index (χ2v) is 5.04. The summed E-state index contributed by atoms with van der Waals surface area (Å²) in [5.74, 6) is 0.334. The molecule has 1 amide bonds. The van der Waals surface area contributed by atoms with Crippen LogP contribution in [0.25, 0.3) is 0 Å². The minimum Gasteiger partial charge on any atom is -0.462 e. The maximum Gasteiger partial charge on any atom is 0.410 e. The Kier molecular flexibility index (Phi) is 2.48. The van der Waals surface area contributed by atoms with Crippen molar-refractivity contribution in [1.29, 1.82) is 0 Å². The third kappa shape index (κ3) is 2.40. The average Bonchev–Trinajstić information content (AvgIpc) is 2.81. The molecule has 2 fully saturated rings. The Morgan fingerprint density at radius 2 is 2.25 bits per heavy atom. The van der Waals surface area contributed by atoms with Crippen LogP contribution in [0.5, 0.6) is 0 Å². The quantitative estimate of drug-likeness (QED) is 0.637. The van der Waals surface area contributed by atoms with Crippen LogP contribution >= 0.6 is 0 Å². The Labute approximate surface area is 94.9 Å². The van der Waals surface area contributed by atoms with Crippen molar-refractivity contribution < 1.29 is 19.0 Å². The van der Waals surface area contributed by atoms with Gasteiger partial charge >= 0.3 is 6.09 Å². The van der Waals surface area contributed by atoms with Gasteiger partial charge in [-0.2, -0.15) is 0 Å². The predicted octanol–water partition coefficient (Wildman–Crippen LogP) is 1.49. The normalized spacial score (nSPS) is 28.4. The Balaban J connectivity index is 1.82. The van der Waals surface area contributed by atoms with Gasteiger partial charge in [-0.05, 0) is 27.4 Å². The number of ether oxygens (including phenoxy) is 3. The highest BCUT2D eigenvalue weighted by molar-refractivity contribution is 5.71. The summed E-state index contributed by atoms with van der Waals surface area (Å²) in [5.41, 5.74) is -0.457. The highest BCUT2D eigenvalue weighted by Crippen LogP contribution is 2.30. The van der Waals surface area contributed by atoms with Gasteiger partial charge in [-0.1, -0.05) is 0 Å². The molecule has 0 N–H and O–H groups in total. The highest BCUT2D eigenvalue weighted by Gasteiger charge is 2.49. The Hall–Kier alpha value is -1.39. The summed E-state index contributed by atoms with van der Waals surface area (Å²) in [4.78, 5) is 13.3. The van der Waals surface area contributed by atoms with Crippen LogP contribution in [-0.2, 0) is 14.2 Å². The van der Waals surface area contributed by atoms with Crippen LogP contribution in [0.1, 0.15) is 20.8 Å². The zero-order valence-corrected chi connectivity index (χ0v) is 9.86. The zero-order chi connectivity index (χ0) is 11.9. The molecule has 0 aliphatic carbocycles. The largest absolute Gasteiger partial charge is 0.462 e. The molecule has 0 aromatic rings. The van der Waals surface area contributed by atoms with Gasteiger partial charge in [0.25, 0.3) is 5.95 Å². The molecule has 2 saturated heterocycles. The monoisotopic (exact) mass is 227 g/mol. The first-order valence-corrected chi connectivity index (χ1v) is 5.35. The van der Waals surface area contributed by atoms with Crippen molar-refractivity contribution in [2.75, 3.05) is 13.2 Å². The molecule has 2 heterocycles. The van der Waals surface area contributed by atoms with Gasteiger partial charge in [-0.25, -0.2) is 4.79 Å². The van der Waals surface area contributed by atoms with Crippen LogP contribution < -0.4 is 0 Å². The maximum absolute atomic E-state index is 11.7. The second kappa shape index (κ2) is 3.57. The van der Waals surface area contributed by atoms with Gasteiger partial charge in [0.05, 0.1) is 6.04 Å². The van der Waals surface area contributed by atoms with Gasteiger partial charge in [0.15, 0.2) is 6.10 Å². The van der Waals surface area contributed by atoms with E-state index in [4.69, 9.17) is 14.2 Å². The van der Waals surface area contributed by atoms with Crippen molar-refractivity contribution in [3.63, 3.8) is 0 Å². The second-order valence-electron chi connectivity index (χ2n) is 5.04. The van der Waals surface area contributed by atoms with E-state index in [2.05, 4.69) is 6.58 Å². The van der Waals surface area contributed by atoms with Crippen molar-refractivity contribution in [2.45, 2.75) is 38.5 Å². The zero-order valence-electron chi connectivity index (χ0n) is 9.86.